The van der Waals surface area contributed by atoms with Crippen molar-refractivity contribution in [2.24, 2.45) is 7.05 Å². The molecule has 0 aliphatic rings. The molecule has 5 nitrogen and oxygen atoms in total. The Morgan fingerprint density at radius 1 is 1.39 bits per heavy atom. The average molecular weight is 265 g/mol. The molecule has 94 valence electrons. The van der Waals surface area contributed by atoms with E-state index in [0.717, 1.165) is 5.56 Å². The van der Waals surface area contributed by atoms with Gasteiger partial charge in [-0.2, -0.15) is 5.10 Å². The largest absolute Gasteiger partial charge is 0.334 e. The highest BCUT2D eigenvalue weighted by molar-refractivity contribution is 6.31. The Labute approximate surface area is 110 Å². The van der Waals surface area contributed by atoms with Gasteiger partial charge in [0.2, 0.25) is 0 Å². The number of aryl methyl sites for hydroxylation is 1. The van der Waals surface area contributed by atoms with Crippen molar-refractivity contribution in [1.29, 1.82) is 0 Å². The predicted molar refractivity (Wildman–Crippen MR) is 70.5 cm³/mol. The predicted octanol–water partition coefficient (Wildman–Crippen LogP) is 2.40. The van der Waals surface area contributed by atoms with Gasteiger partial charge in [0, 0.05) is 24.7 Å². The van der Waals surface area contributed by atoms with Crippen LogP contribution in [0.3, 0.4) is 0 Å². The van der Waals surface area contributed by atoms with Gasteiger partial charge in [-0.25, -0.2) is 4.79 Å². The number of nitrogens with one attached hydrogen (secondary N) is 2. The fourth-order valence-corrected chi connectivity index (χ4v) is 1.68. The van der Waals surface area contributed by atoms with Crippen LogP contribution in [0.15, 0.2) is 36.5 Å². The Morgan fingerprint density at radius 2 is 2.17 bits per heavy atom. The first-order valence-electron chi connectivity index (χ1n) is 5.43. The van der Waals surface area contributed by atoms with Crippen molar-refractivity contribution in [3.63, 3.8) is 0 Å². The molecule has 2 N–H and O–H groups in total. The molecule has 1 heterocycles. The zero-order chi connectivity index (χ0) is 13.0. The lowest BCUT2D eigenvalue weighted by molar-refractivity contribution is 0.251. The maximum Gasteiger partial charge on any atom is 0.320 e. The van der Waals surface area contributed by atoms with E-state index in [9.17, 15) is 4.79 Å². The Kier molecular flexibility index (Phi) is 3.84. The Hall–Kier alpha value is -2.01. The van der Waals surface area contributed by atoms with Gasteiger partial charge >= 0.3 is 6.03 Å². The van der Waals surface area contributed by atoms with Gasteiger partial charge in [-0.15, -0.1) is 0 Å². The molecule has 0 saturated carbocycles. The lowest BCUT2D eigenvalue weighted by Gasteiger charge is -2.08. The van der Waals surface area contributed by atoms with Crippen LogP contribution in [-0.2, 0) is 13.6 Å². The number of halogens is 1. The number of carbonyl (C=O) groups excluding carboxylic acids is 1. The van der Waals surface area contributed by atoms with Gasteiger partial charge < -0.3 is 5.32 Å². The summed E-state index contributed by atoms with van der Waals surface area (Å²) >= 11 is 5.99. The summed E-state index contributed by atoms with van der Waals surface area (Å²) < 4.78 is 1.58. The molecular formula is C12H13ClN4O. The first-order chi connectivity index (χ1) is 8.66. The molecule has 18 heavy (non-hydrogen) atoms. The van der Waals surface area contributed by atoms with Gasteiger partial charge in [-0.3, -0.25) is 10.00 Å². The highest BCUT2D eigenvalue weighted by Crippen LogP contribution is 2.14. The van der Waals surface area contributed by atoms with Crippen molar-refractivity contribution >= 4 is 23.4 Å². The molecule has 2 aromatic rings. The maximum absolute atomic E-state index is 11.6. The lowest BCUT2D eigenvalue weighted by Crippen LogP contribution is -2.29. The van der Waals surface area contributed by atoms with Gasteiger partial charge in [0.1, 0.15) is 5.82 Å². The Balaban J connectivity index is 1.90. The standard InChI is InChI=1S/C12H13ClN4O/c1-17-11(6-7-15-17)16-12(18)14-8-9-4-2-3-5-10(9)13/h2-7H,8H2,1H3,(H2,14,16,18). The molecule has 0 aliphatic carbocycles. The molecular weight excluding hydrogens is 252 g/mol. The van der Waals surface area contributed by atoms with Crippen LogP contribution in [0, 0.1) is 0 Å². The highest BCUT2D eigenvalue weighted by atomic mass is 35.5. The molecule has 0 radical (unpaired) electrons. The van der Waals surface area contributed by atoms with E-state index in [-0.39, 0.29) is 6.03 Å². The second-order valence-corrected chi connectivity index (χ2v) is 4.15. The van der Waals surface area contributed by atoms with E-state index in [1.165, 1.54) is 0 Å². The van der Waals surface area contributed by atoms with Crippen molar-refractivity contribution in [1.82, 2.24) is 15.1 Å². The summed E-state index contributed by atoms with van der Waals surface area (Å²) in [6, 6.07) is 8.81. The summed E-state index contributed by atoms with van der Waals surface area (Å²) in [6.45, 7) is 0.378. The van der Waals surface area contributed by atoms with Crippen LogP contribution < -0.4 is 10.6 Å². The lowest BCUT2D eigenvalue weighted by atomic mass is 10.2. The second kappa shape index (κ2) is 5.55. The molecule has 0 aliphatic heterocycles. The molecule has 0 unspecified atom stereocenters. The zero-order valence-corrected chi connectivity index (χ0v) is 10.6. The normalized spacial score (nSPS) is 10.1. The smallest absolute Gasteiger partial charge is 0.320 e. The molecule has 1 aromatic heterocycles. The summed E-state index contributed by atoms with van der Waals surface area (Å²) in [5, 5.41) is 10.0. The third kappa shape index (κ3) is 3.01. The number of anilines is 1. The Morgan fingerprint density at radius 3 is 2.83 bits per heavy atom. The van der Waals surface area contributed by atoms with Crippen LogP contribution in [0.4, 0.5) is 10.6 Å². The van der Waals surface area contributed by atoms with Gasteiger partial charge in [-0.05, 0) is 11.6 Å². The van der Waals surface area contributed by atoms with E-state index in [1.54, 1.807) is 30.1 Å². The summed E-state index contributed by atoms with van der Waals surface area (Å²) in [5.41, 5.74) is 0.874. The SMILES string of the molecule is Cn1nccc1NC(=O)NCc1ccccc1Cl. The van der Waals surface area contributed by atoms with E-state index >= 15 is 0 Å². The number of hydrogen-bond acceptors (Lipinski definition) is 2. The number of amides is 2. The molecule has 0 saturated heterocycles. The minimum absolute atomic E-state index is 0.293. The number of urea groups is 1. The Bertz CT molecular complexity index is 553. The topological polar surface area (TPSA) is 59.0 Å². The quantitative estimate of drug-likeness (QED) is 0.894. The van der Waals surface area contributed by atoms with Gasteiger partial charge in [-0.1, -0.05) is 29.8 Å². The number of nitrogens with zero attached hydrogens (tertiary/aromatic N) is 2. The molecule has 0 fully saturated rings. The first-order valence-corrected chi connectivity index (χ1v) is 5.81. The van der Waals surface area contributed by atoms with Crippen LogP contribution in [0.5, 0.6) is 0 Å². The summed E-state index contributed by atoms with van der Waals surface area (Å²) in [5.74, 6) is 0.631. The molecule has 1 aromatic carbocycles. The van der Waals surface area contributed by atoms with Crippen molar-refractivity contribution in [3.8, 4) is 0 Å². The minimum atomic E-state index is -0.293. The molecule has 0 bridgehead atoms. The molecule has 0 spiro atoms. The van der Waals surface area contributed by atoms with E-state index in [1.807, 2.05) is 18.2 Å². The van der Waals surface area contributed by atoms with Gasteiger partial charge in [0.05, 0.1) is 6.20 Å². The van der Waals surface area contributed by atoms with Crippen LogP contribution in [0.1, 0.15) is 5.56 Å². The number of aromatic nitrogens is 2. The highest BCUT2D eigenvalue weighted by Gasteiger charge is 2.05. The van der Waals surface area contributed by atoms with Crippen LogP contribution >= 0.6 is 11.6 Å². The van der Waals surface area contributed by atoms with Crippen LogP contribution in [0.2, 0.25) is 5.02 Å². The third-order valence-corrected chi connectivity index (χ3v) is 2.83. The van der Waals surface area contributed by atoms with E-state index in [2.05, 4.69) is 15.7 Å². The summed E-state index contributed by atoms with van der Waals surface area (Å²) in [4.78, 5) is 11.6. The van der Waals surface area contributed by atoms with Gasteiger partial charge in [0.15, 0.2) is 0 Å². The molecule has 2 amide bonds. The zero-order valence-electron chi connectivity index (χ0n) is 9.85. The monoisotopic (exact) mass is 264 g/mol. The van der Waals surface area contributed by atoms with Crippen molar-refractivity contribution < 1.29 is 4.79 Å². The van der Waals surface area contributed by atoms with Crippen molar-refractivity contribution in [2.75, 3.05) is 5.32 Å². The summed E-state index contributed by atoms with van der Waals surface area (Å²) in [7, 11) is 1.75. The van der Waals surface area contributed by atoms with E-state index in [4.69, 9.17) is 11.6 Å². The van der Waals surface area contributed by atoms with Crippen molar-refractivity contribution in [2.45, 2.75) is 6.54 Å². The number of carbonyl (C=O) groups is 1. The first kappa shape index (κ1) is 12.4. The number of rotatable bonds is 3. The molecule has 2 rings (SSSR count). The fraction of sp³-hybridized carbons (Fsp3) is 0.167. The maximum atomic E-state index is 11.6. The van der Waals surface area contributed by atoms with Gasteiger partial charge in [0.25, 0.3) is 0 Å². The third-order valence-electron chi connectivity index (χ3n) is 2.46. The van der Waals surface area contributed by atoms with E-state index in [0.29, 0.717) is 17.4 Å². The van der Waals surface area contributed by atoms with Crippen LogP contribution in [-0.4, -0.2) is 15.8 Å². The second-order valence-electron chi connectivity index (χ2n) is 3.74. The number of hydrogen-bond donors (Lipinski definition) is 2. The fourth-order valence-electron chi connectivity index (χ4n) is 1.47. The van der Waals surface area contributed by atoms with Crippen LogP contribution in [0.25, 0.3) is 0 Å². The average Bonchev–Trinajstić information content (AvgIpc) is 2.74. The van der Waals surface area contributed by atoms with E-state index < -0.39 is 0 Å². The summed E-state index contributed by atoms with van der Waals surface area (Å²) in [6.07, 6.45) is 1.61. The molecule has 6 heteroatoms. The minimum Gasteiger partial charge on any atom is -0.334 e. The van der Waals surface area contributed by atoms with Crippen molar-refractivity contribution in [3.05, 3.63) is 47.1 Å². The number of benzene rings is 1. The molecule has 0 atom stereocenters.